The van der Waals surface area contributed by atoms with Crippen LogP contribution in [-0.4, -0.2) is 56.0 Å². The molecule has 0 bridgehead atoms. The van der Waals surface area contributed by atoms with Gasteiger partial charge in [-0.2, -0.15) is 0 Å². The van der Waals surface area contributed by atoms with E-state index < -0.39 is 9.84 Å². The summed E-state index contributed by atoms with van der Waals surface area (Å²) in [5.74, 6) is 0.619. The Hall–Kier alpha value is -0.130. The summed E-state index contributed by atoms with van der Waals surface area (Å²) >= 11 is 0. The third kappa shape index (κ3) is 3.70. The molecular formula is C14H28N2O2S. The van der Waals surface area contributed by atoms with Gasteiger partial charge in [0.15, 0.2) is 0 Å². The Morgan fingerprint density at radius 2 is 2.00 bits per heavy atom. The van der Waals surface area contributed by atoms with Gasteiger partial charge in [0.25, 0.3) is 0 Å². The van der Waals surface area contributed by atoms with Gasteiger partial charge >= 0.3 is 0 Å². The molecule has 1 unspecified atom stereocenters. The summed E-state index contributed by atoms with van der Waals surface area (Å²) in [4.78, 5) is 2.58. The summed E-state index contributed by atoms with van der Waals surface area (Å²) in [6, 6.07) is 0.522. The fourth-order valence-corrected chi connectivity index (χ4v) is 4.40. The van der Waals surface area contributed by atoms with Crippen molar-refractivity contribution in [1.29, 1.82) is 0 Å². The van der Waals surface area contributed by atoms with Gasteiger partial charge in [-0.05, 0) is 32.7 Å². The Kier molecular flexibility index (Phi) is 4.90. The van der Waals surface area contributed by atoms with Gasteiger partial charge in [-0.3, -0.25) is 4.90 Å². The Balaban J connectivity index is 1.92. The van der Waals surface area contributed by atoms with Crippen molar-refractivity contribution in [3.8, 4) is 0 Å². The second-order valence-electron chi connectivity index (χ2n) is 6.25. The average Bonchev–Trinajstić information content (AvgIpc) is 2.83. The Morgan fingerprint density at radius 3 is 2.63 bits per heavy atom. The van der Waals surface area contributed by atoms with E-state index in [2.05, 4.69) is 17.1 Å². The largest absolute Gasteiger partial charge is 0.311 e. The molecule has 19 heavy (non-hydrogen) atoms. The molecule has 0 aromatic rings. The lowest BCUT2D eigenvalue weighted by molar-refractivity contribution is 0.0470. The van der Waals surface area contributed by atoms with E-state index in [-0.39, 0.29) is 5.75 Å². The predicted molar refractivity (Wildman–Crippen MR) is 79.2 cm³/mol. The Labute approximate surface area is 117 Å². The number of nitrogens with one attached hydrogen (secondary N) is 1. The zero-order chi connectivity index (χ0) is 13.9. The molecule has 0 aromatic carbocycles. The summed E-state index contributed by atoms with van der Waals surface area (Å²) < 4.78 is 23.2. The average molecular weight is 288 g/mol. The Bertz CT molecular complexity index is 388. The first kappa shape index (κ1) is 15.3. The van der Waals surface area contributed by atoms with Crippen molar-refractivity contribution in [1.82, 2.24) is 10.2 Å². The molecule has 4 nitrogen and oxygen atoms in total. The van der Waals surface area contributed by atoms with E-state index in [1.54, 1.807) is 6.92 Å². The summed E-state index contributed by atoms with van der Waals surface area (Å²) in [5.41, 5.74) is 0.322. The highest BCUT2D eigenvalue weighted by atomic mass is 32.2. The standard InChI is InChI=1S/C14H28N2O2S/c1-3-19(17,18)10-6-9-16-11-13(2)15-12-14(16)7-4-5-8-14/h13,15H,3-12H2,1-2H3. The number of nitrogens with zero attached hydrogens (tertiary/aromatic N) is 1. The zero-order valence-corrected chi connectivity index (χ0v) is 13.1. The van der Waals surface area contributed by atoms with E-state index in [0.717, 1.165) is 26.1 Å². The van der Waals surface area contributed by atoms with Crippen LogP contribution in [0.3, 0.4) is 0 Å². The third-order valence-electron chi connectivity index (χ3n) is 4.80. The molecule has 112 valence electrons. The van der Waals surface area contributed by atoms with Crippen LogP contribution >= 0.6 is 0 Å². The molecule has 1 atom stereocenters. The molecule has 1 saturated heterocycles. The normalized spacial score (nSPS) is 28.0. The summed E-state index contributed by atoms with van der Waals surface area (Å²) in [7, 11) is -2.81. The molecule has 2 fully saturated rings. The van der Waals surface area contributed by atoms with Gasteiger partial charge in [0.2, 0.25) is 0 Å². The lowest BCUT2D eigenvalue weighted by atomic mass is 9.91. The molecule has 0 radical (unpaired) electrons. The van der Waals surface area contributed by atoms with Crippen LogP contribution < -0.4 is 5.32 Å². The molecule has 2 aliphatic rings. The molecule has 1 saturated carbocycles. The lowest BCUT2D eigenvalue weighted by Crippen LogP contribution is -2.63. The smallest absolute Gasteiger partial charge is 0.150 e. The number of sulfone groups is 1. The quantitative estimate of drug-likeness (QED) is 0.831. The molecule has 0 amide bonds. The maximum Gasteiger partial charge on any atom is 0.150 e. The van der Waals surface area contributed by atoms with Gasteiger partial charge in [-0.15, -0.1) is 0 Å². The van der Waals surface area contributed by atoms with E-state index >= 15 is 0 Å². The monoisotopic (exact) mass is 288 g/mol. The lowest BCUT2D eigenvalue weighted by Gasteiger charge is -2.48. The van der Waals surface area contributed by atoms with Crippen LogP contribution in [0.15, 0.2) is 0 Å². The summed E-state index contributed by atoms with van der Waals surface area (Å²) in [6.07, 6.45) is 5.96. The van der Waals surface area contributed by atoms with Crippen LogP contribution in [0, 0.1) is 0 Å². The fraction of sp³-hybridized carbons (Fsp3) is 1.00. The highest BCUT2D eigenvalue weighted by molar-refractivity contribution is 7.91. The van der Waals surface area contributed by atoms with E-state index in [1.807, 2.05) is 0 Å². The molecule has 1 heterocycles. The van der Waals surface area contributed by atoms with Gasteiger partial charge < -0.3 is 5.32 Å². The number of piperazine rings is 1. The predicted octanol–water partition coefficient (Wildman–Crippen LogP) is 1.42. The maximum absolute atomic E-state index is 11.6. The molecular weight excluding hydrogens is 260 g/mol. The Morgan fingerprint density at radius 1 is 1.32 bits per heavy atom. The topological polar surface area (TPSA) is 49.4 Å². The van der Waals surface area contributed by atoms with E-state index in [1.165, 1.54) is 25.7 Å². The first-order valence-corrected chi connectivity index (χ1v) is 9.48. The molecule has 0 aromatic heterocycles. The minimum atomic E-state index is -2.81. The highest BCUT2D eigenvalue weighted by Crippen LogP contribution is 2.36. The number of hydrogen-bond acceptors (Lipinski definition) is 4. The van der Waals surface area contributed by atoms with Crippen LogP contribution in [0.5, 0.6) is 0 Å². The van der Waals surface area contributed by atoms with Crippen molar-refractivity contribution in [3.05, 3.63) is 0 Å². The second kappa shape index (κ2) is 6.10. The molecule has 1 aliphatic heterocycles. The molecule has 2 rings (SSSR count). The minimum Gasteiger partial charge on any atom is -0.311 e. The SMILES string of the molecule is CCS(=O)(=O)CCCN1CC(C)NCC12CCCC2. The molecule has 1 N–H and O–H groups in total. The molecule has 1 spiro atoms. The maximum atomic E-state index is 11.6. The van der Waals surface area contributed by atoms with Gasteiger partial charge in [-0.1, -0.05) is 19.8 Å². The van der Waals surface area contributed by atoms with Crippen LogP contribution in [0.2, 0.25) is 0 Å². The van der Waals surface area contributed by atoms with Crippen molar-refractivity contribution in [3.63, 3.8) is 0 Å². The van der Waals surface area contributed by atoms with E-state index in [9.17, 15) is 8.42 Å². The van der Waals surface area contributed by atoms with Crippen LogP contribution in [0.1, 0.15) is 46.0 Å². The fourth-order valence-electron chi connectivity index (χ4n) is 3.54. The highest BCUT2D eigenvalue weighted by Gasteiger charge is 2.42. The third-order valence-corrected chi connectivity index (χ3v) is 6.59. The van der Waals surface area contributed by atoms with Crippen LogP contribution in [0.4, 0.5) is 0 Å². The minimum absolute atomic E-state index is 0.274. The van der Waals surface area contributed by atoms with E-state index in [4.69, 9.17) is 0 Å². The summed E-state index contributed by atoms with van der Waals surface area (Å²) in [6.45, 7) is 7.03. The summed E-state index contributed by atoms with van der Waals surface area (Å²) in [5, 5.41) is 3.60. The molecule has 1 aliphatic carbocycles. The van der Waals surface area contributed by atoms with Crippen molar-refractivity contribution in [2.24, 2.45) is 0 Å². The number of hydrogen-bond donors (Lipinski definition) is 1. The first-order chi connectivity index (χ1) is 8.97. The van der Waals surface area contributed by atoms with Crippen molar-refractivity contribution >= 4 is 9.84 Å². The number of rotatable bonds is 5. The zero-order valence-electron chi connectivity index (χ0n) is 12.3. The van der Waals surface area contributed by atoms with Gasteiger partial charge in [-0.25, -0.2) is 8.42 Å². The van der Waals surface area contributed by atoms with Gasteiger partial charge in [0, 0.05) is 30.4 Å². The molecule has 5 heteroatoms. The van der Waals surface area contributed by atoms with Gasteiger partial charge in [0.05, 0.1) is 5.75 Å². The van der Waals surface area contributed by atoms with Crippen molar-refractivity contribution in [2.45, 2.75) is 57.5 Å². The van der Waals surface area contributed by atoms with Gasteiger partial charge in [0.1, 0.15) is 9.84 Å². The first-order valence-electron chi connectivity index (χ1n) is 7.66. The van der Waals surface area contributed by atoms with Crippen LogP contribution in [-0.2, 0) is 9.84 Å². The van der Waals surface area contributed by atoms with E-state index in [0.29, 0.717) is 17.3 Å². The second-order valence-corrected chi connectivity index (χ2v) is 8.72. The van der Waals surface area contributed by atoms with Crippen LogP contribution in [0.25, 0.3) is 0 Å². The van der Waals surface area contributed by atoms with Crippen molar-refractivity contribution in [2.75, 3.05) is 31.1 Å². The van der Waals surface area contributed by atoms with Crippen molar-refractivity contribution < 1.29 is 8.42 Å².